The van der Waals surface area contributed by atoms with E-state index in [0.29, 0.717) is 17.3 Å². The second-order valence-electron chi connectivity index (χ2n) is 4.37. The molecule has 0 aliphatic carbocycles. The molecule has 6 heteroatoms. The number of anilines is 1. The second-order valence-corrected chi connectivity index (χ2v) is 4.37. The van der Waals surface area contributed by atoms with Gasteiger partial charge in [0, 0.05) is 12.7 Å². The van der Waals surface area contributed by atoms with Gasteiger partial charge in [0.1, 0.15) is 11.6 Å². The SMILES string of the molecule is CCCNc1ncccc1C(=O)NCc1ncc(C)o1. The quantitative estimate of drug-likeness (QED) is 0.843. The van der Waals surface area contributed by atoms with E-state index in [1.807, 2.05) is 6.92 Å². The molecule has 0 saturated heterocycles. The predicted octanol–water partition coefficient (Wildman–Crippen LogP) is 2.13. The molecule has 0 aromatic carbocycles. The molecular formula is C14H18N4O2. The smallest absolute Gasteiger partial charge is 0.255 e. The van der Waals surface area contributed by atoms with Gasteiger partial charge in [-0.05, 0) is 25.5 Å². The molecule has 0 radical (unpaired) electrons. The van der Waals surface area contributed by atoms with Crippen molar-refractivity contribution in [3.63, 3.8) is 0 Å². The average Bonchev–Trinajstić information content (AvgIpc) is 2.88. The number of aromatic nitrogens is 2. The highest BCUT2D eigenvalue weighted by atomic mass is 16.4. The monoisotopic (exact) mass is 274 g/mol. The van der Waals surface area contributed by atoms with Crippen LogP contribution in [0.2, 0.25) is 0 Å². The number of carbonyl (C=O) groups excluding carboxylic acids is 1. The van der Waals surface area contributed by atoms with Crippen LogP contribution in [0, 0.1) is 6.92 Å². The lowest BCUT2D eigenvalue weighted by molar-refractivity contribution is 0.0947. The number of amides is 1. The van der Waals surface area contributed by atoms with Crippen LogP contribution in [-0.4, -0.2) is 22.4 Å². The van der Waals surface area contributed by atoms with Crippen LogP contribution in [-0.2, 0) is 6.54 Å². The maximum atomic E-state index is 12.1. The van der Waals surface area contributed by atoms with Crippen molar-refractivity contribution in [2.24, 2.45) is 0 Å². The molecule has 2 N–H and O–H groups in total. The third-order valence-corrected chi connectivity index (χ3v) is 2.66. The highest BCUT2D eigenvalue weighted by Crippen LogP contribution is 2.11. The van der Waals surface area contributed by atoms with E-state index in [-0.39, 0.29) is 12.5 Å². The maximum absolute atomic E-state index is 12.1. The first kappa shape index (κ1) is 14.0. The summed E-state index contributed by atoms with van der Waals surface area (Å²) in [5, 5.41) is 5.91. The van der Waals surface area contributed by atoms with Crippen molar-refractivity contribution in [3.8, 4) is 0 Å². The van der Waals surface area contributed by atoms with Crippen LogP contribution in [0.15, 0.2) is 28.9 Å². The van der Waals surface area contributed by atoms with E-state index in [1.165, 1.54) is 0 Å². The van der Waals surface area contributed by atoms with Crippen LogP contribution in [0.3, 0.4) is 0 Å². The molecule has 106 valence electrons. The predicted molar refractivity (Wildman–Crippen MR) is 75.4 cm³/mol. The molecule has 1 amide bonds. The van der Waals surface area contributed by atoms with E-state index in [0.717, 1.165) is 18.7 Å². The van der Waals surface area contributed by atoms with Gasteiger partial charge in [0.25, 0.3) is 5.91 Å². The molecule has 0 aliphatic heterocycles. The summed E-state index contributed by atoms with van der Waals surface area (Å²) in [6.45, 7) is 4.90. The zero-order valence-corrected chi connectivity index (χ0v) is 11.6. The van der Waals surface area contributed by atoms with Crippen molar-refractivity contribution in [1.29, 1.82) is 0 Å². The first-order valence-corrected chi connectivity index (χ1v) is 6.59. The molecule has 0 bridgehead atoms. The number of oxazole rings is 1. The topological polar surface area (TPSA) is 80.0 Å². The maximum Gasteiger partial charge on any atom is 0.255 e. The Kier molecular flexibility index (Phi) is 4.70. The molecular weight excluding hydrogens is 256 g/mol. The Hall–Kier alpha value is -2.37. The van der Waals surface area contributed by atoms with Gasteiger partial charge in [-0.1, -0.05) is 6.92 Å². The minimum atomic E-state index is -0.201. The van der Waals surface area contributed by atoms with Crippen LogP contribution in [0.5, 0.6) is 0 Å². The third kappa shape index (κ3) is 3.57. The van der Waals surface area contributed by atoms with Gasteiger partial charge >= 0.3 is 0 Å². The standard InChI is InChI=1S/C14H18N4O2/c1-3-6-15-13-11(5-4-7-16-13)14(19)18-9-12-17-8-10(2)20-12/h4-5,7-8H,3,6,9H2,1-2H3,(H,15,16)(H,18,19). The molecule has 2 heterocycles. The minimum Gasteiger partial charge on any atom is -0.444 e. The van der Waals surface area contributed by atoms with Gasteiger partial charge < -0.3 is 15.1 Å². The molecule has 0 unspecified atom stereocenters. The molecule has 0 fully saturated rings. The van der Waals surface area contributed by atoms with Crippen LogP contribution in [0.4, 0.5) is 5.82 Å². The zero-order chi connectivity index (χ0) is 14.4. The number of pyridine rings is 1. The van der Waals surface area contributed by atoms with Crippen molar-refractivity contribution < 1.29 is 9.21 Å². The summed E-state index contributed by atoms with van der Waals surface area (Å²) in [5.74, 6) is 1.60. The molecule has 6 nitrogen and oxygen atoms in total. The lowest BCUT2D eigenvalue weighted by atomic mass is 10.2. The van der Waals surface area contributed by atoms with Crippen LogP contribution < -0.4 is 10.6 Å². The summed E-state index contributed by atoms with van der Waals surface area (Å²) in [4.78, 5) is 20.4. The van der Waals surface area contributed by atoms with Gasteiger partial charge in [0.05, 0.1) is 18.3 Å². The number of hydrogen-bond acceptors (Lipinski definition) is 5. The summed E-state index contributed by atoms with van der Waals surface area (Å²) >= 11 is 0. The first-order valence-electron chi connectivity index (χ1n) is 6.59. The minimum absolute atomic E-state index is 0.201. The Bertz CT molecular complexity index is 580. The largest absolute Gasteiger partial charge is 0.444 e. The van der Waals surface area contributed by atoms with Gasteiger partial charge in [-0.25, -0.2) is 9.97 Å². The van der Waals surface area contributed by atoms with Crippen molar-refractivity contribution in [1.82, 2.24) is 15.3 Å². The average molecular weight is 274 g/mol. The fourth-order valence-corrected chi connectivity index (χ4v) is 1.71. The summed E-state index contributed by atoms with van der Waals surface area (Å²) in [7, 11) is 0. The Morgan fingerprint density at radius 2 is 2.25 bits per heavy atom. The molecule has 0 spiro atoms. The molecule has 20 heavy (non-hydrogen) atoms. The molecule has 2 aromatic rings. The van der Waals surface area contributed by atoms with E-state index >= 15 is 0 Å². The number of nitrogens with zero attached hydrogens (tertiary/aromatic N) is 2. The fraction of sp³-hybridized carbons (Fsp3) is 0.357. The highest BCUT2D eigenvalue weighted by Gasteiger charge is 2.12. The fourth-order valence-electron chi connectivity index (χ4n) is 1.71. The molecule has 0 aliphatic rings. The Labute approximate surface area is 117 Å². The van der Waals surface area contributed by atoms with Crippen molar-refractivity contribution >= 4 is 11.7 Å². The number of aryl methyl sites for hydroxylation is 1. The summed E-state index contributed by atoms with van der Waals surface area (Å²) in [5.41, 5.74) is 0.518. The number of rotatable bonds is 6. The van der Waals surface area contributed by atoms with Crippen molar-refractivity contribution in [3.05, 3.63) is 41.7 Å². The van der Waals surface area contributed by atoms with Gasteiger partial charge in [0.2, 0.25) is 5.89 Å². The van der Waals surface area contributed by atoms with Gasteiger partial charge in [-0.2, -0.15) is 0 Å². The number of carbonyl (C=O) groups is 1. The van der Waals surface area contributed by atoms with Gasteiger partial charge in [0.15, 0.2) is 0 Å². The molecule has 0 saturated carbocycles. The van der Waals surface area contributed by atoms with Crippen LogP contribution >= 0.6 is 0 Å². The van der Waals surface area contributed by atoms with E-state index in [2.05, 4.69) is 27.5 Å². The Balaban J connectivity index is 2.01. The molecule has 0 atom stereocenters. The zero-order valence-electron chi connectivity index (χ0n) is 11.6. The number of nitrogens with one attached hydrogen (secondary N) is 2. The lowest BCUT2D eigenvalue weighted by Crippen LogP contribution is -2.24. The van der Waals surface area contributed by atoms with E-state index < -0.39 is 0 Å². The van der Waals surface area contributed by atoms with Crippen molar-refractivity contribution in [2.45, 2.75) is 26.8 Å². The third-order valence-electron chi connectivity index (χ3n) is 2.66. The Morgan fingerprint density at radius 1 is 1.40 bits per heavy atom. The lowest BCUT2D eigenvalue weighted by Gasteiger charge is -2.09. The highest BCUT2D eigenvalue weighted by molar-refractivity contribution is 5.98. The summed E-state index contributed by atoms with van der Waals surface area (Å²) in [6, 6.07) is 3.47. The van der Waals surface area contributed by atoms with Crippen molar-refractivity contribution in [2.75, 3.05) is 11.9 Å². The van der Waals surface area contributed by atoms with E-state index in [4.69, 9.17) is 4.42 Å². The first-order chi connectivity index (χ1) is 9.70. The summed E-state index contributed by atoms with van der Waals surface area (Å²) < 4.78 is 5.31. The molecule has 2 rings (SSSR count). The van der Waals surface area contributed by atoms with E-state index in [1.54, 1.807) is 24.5 Å². The second kappa shape index (κ2) is 6.70. The summed E-state index contributed by atoms with van der Waals surface area (Å²) in [6.07, 6.45) is 4.25. The van der Waals surface area contributed by atoms with Gasteiger partial charge in [-0.3, -0.25) is 4.79 Å². The molecule has 2 aromatic heterocycles. The number of hydrogen-bond donors (Lipinski definition) is 2. The van der Waals surface area contributed by atoms with Crippen LogP contribution in [0.1, 0.15) is 35.4 Å². The normalized spacial score (nSPS) is 10.3. The Morgan fingerprint density at radius 3 is 2.95 bits per heavy atom. The van der Waals surface area contributed by atoms with Gasteiger partial charge in [-0.15, -0.1) is 0 Å². The van der Waals surface area contributed by atoms with Crippen LogP contribution in [0.25, 0.3) is 0 Å². The van der Waals surface area contributed by atoms with E-state index in [9.17, 15) is 4.79 Å².